The van der Waals surface area contributed by atoms with Crippen molar-refractivity contribution in [3.8, 4) is 0 Å². The van der Waals surface area contributed by atoms with Gasteiger partial charge in [0, 0.05) is 5.92 Å². The molecule has 5 nitrogen and oxygen atoms in total. The van der Waals surface area contributed by atoms with Crippen molar-refractivity contribution in [2.24, 2.45) is 5.92 Å². The Balaban J connectivity index is 2.19. The SMILES string of the molecule is CC(C)C(=O)NC[C@H]1CNC(=O)O1. The second kappa shape index (κ2) is 4.11. The number of nitrogens with one attached hydrogen (secondary N) is 2. The van der Waals surface area contributed by atoms with E-state index >= 15 is 0 Å². The van der Waals surface area contributed by atoms with Crippen molar-refractivity contribution in [3.05, 3.63) is 0 Å². The van der Waals surface area contributed by atoms with Crippen LogP contribution in [0, 0.1) is 5.92 Å². The highest BCUT2D eigenvalue weighted by atomic mass is 16.6. The van der Waals surface area contributed by atoms with Gasteiger partial charge in [0.25, 0.3) is 0 Å². The third-order valence-corrected chi connectivity index (χ3v) is 1.78. The molecule has 1 heterocycles. The summed E-state index contributed by atoms with van der Waals surface area (Å²) in [7, 11) is 0. The van der Waals surface area contributed by atoms with Gasteiger partial charge in [0.2, 0.25) is 5.91 Å². The Morgan fingerprint density at radius 3 is 2.92 bits per heavy atom. The van der Waals surface area contributed by atoms with Crippen LogP contribution < -0.4 is 10.6 Å². The lowest BCUT2D eigenvalue weighted by Gasteiger charge is -2.10. The fraction of sp³-hybridized carbons (Fsp3) is 0.750. The minimum Gasteiger partial charge on any atom is -0.442 e. The van der Waals surface area contributed by atoms with Crippen LogP contribution in [0.3, 0.4) is 0 Å². The molecule has 1 aliphatic heterocycles. The van der Waals surface area contributed by atoms with Gasteiger partial charge in [-0.3, -0.25) is 4.79 Å². The van der Waals surface area contributed by atoms with Crippen LogP contribution in [0.5, 0.6) is 0 Å². The molecule has 0 aromatic rings. The maximum Gasteiger partial charge on any atom is 0.407 e. The van der Waals surface area contributed by atoms with Gasteiger partial charge in [0.1, 0.15) is 6.10 Å². The fourth-order valence-corrected chi connectivity index (χ4v) is 0.964. The highest BCUT2D eigenvalue weighted by Gasteiger charge is 2.22. The molecule has 0 unspecified atom stereocenters. The molecule has 1 rings (SSSR count). The van der Waals surface area contributed by atoms with Crippen molar-refractivity contribution in [2.45, 2.75) is 20.0 Å². The molecule has 1 saturated heterocycles. The molecular formula is C8H14N2O3. The van der Waals surface area contributed by atoms with E-state index in [1.54, 1.807) is 0 Å². The normalized spacial score (nSPS) is 21.2. The number of carbonyl (C=O) groups is 2. The quantitative estimate of drug-likeness (QED) is 0.645. The van der Waals surface area contributed by atoms with E-state index < -0.39 is 6.09 Å². The molecule has 2 amide bonds. The maximum atomic E-state index is 11.1. The molecule has 0 saturated carbocycles. The summed E-state index contributed by atoms with van der Waals surface area (Å²) in [6.45, 7) is 4.48. The van der Waals surface area contributed by atoms with E-state index in [0.717, 1.165) is 0 Å². The van der Waals surface area contributed by atoms with Gasteiger partial charge in [-0.05, 0) is 0 Å². The van der Waals surface area contributed by atoms with Crippen LogP contribution >= 0.6 is 0 Å². The van der Waals surface area contributed by atoms with Gasteiger partial charge >= 0.3 is 6.09 Å². The van der Waals surface area contributed by atoms with E-state index in [1.165, 1.54) is 0 Å². The Labute approximate surface area is 76.8 Å². The summed E-state index contributed by atoms with van der Waals surface area (Å²) in [6.07, 6.45) is -0.640. The Bertz CT molecular complexity index is 215. The first-order valence-corrected chi connectivity index (χ1v) is 4.32. The molecule has 0 aromatic heterocycles. The first-order valence-electron chi connectivity index (χ1n) is 4.32. The van der Waals surface area contributed by atoms with Crippen LogP contribution in [-0.2, 0) is 9.53 Å². The average Bonchev–Trinajstić information content (AvgIpc) is 2.47. The molecule has 13 heavy (non-hydrogen) atoms. The number of rotatable bonds is 3. The number of alkyl carbamates (subject to hydrolysis) is 1. The lowest BCUT2D eigenvalue weighted by Crippen LogP contribution is -2.36. The predicted octanol–water partition coefficient (Wildman–Crippen LogP) is -0.133. The summed E-state index contributed by atoms with van der Waals surface area (Å²) in [5.41, 5.74) is 0. The summed E-state index contributed by atoms with van der Waals surface area (Å²) >= 11 is 0. The van der Waals surface area contributed by atoms with Crippen LogP contribution in [0.1, 0.15) is 13.8 Å². The number of hydrogen-bond acceptors (Lipinski definition) is 3. The van der Waals surface area contributed by atoms with Crippen LogP contribution in [0.2, 0.25) is 0 Å². The molecule has 0 radical (unpaired) electrons. The second-order valence-corrected chi connectivity index (χ2v) is 3.31. The van der Waals surface area contributed by atoms with Crippen molar-refractivity contribution in [3.63, 3.8) is 0 Å². The number of amides is 2. The fourth-order valence-electron chi connectivity index (χ4n) is 0.964. The van der Waals surface area contributed by atoms with E-state index in [0.29, 0.717) is 13.1 Å². The summed E-state index contributed by atoms with van der Waals surface area (Å²) in [4.78, 5) is 21.7. The first-order chi connectivity index (χ1) is 6.09. The summed E-state index contributed by atoms with van der Waals surface area (Å²) in [5.74, 6) is -0.0620. The lowest BCUT2D eigenvalue weighted by molar-refractivity contribution is -0.124. The maximum absolute atomic E-state index is 11.1. The van der Waals surface area contributed by atoms with Gasteiger partial charge in [-0.25, -0.2) is 4.79 Å². The molecule has 5 heteroatoms. The standard InChI is InChI=1S/C8H14N2O3/c1-5(2)7(11)9-3-6-4-10-8(12)13-6/h5-6H,3-4H2,1-2H3,(H,9,11)(H,10,12)/t6-/m0/s1. The Morgan fingerprint density at radius 1 is 1.77 bits per heavy atom. The van der Waals surface area contributed by atoms with Gasteiger partial charge < -0.3 is 15.4 Å². The third-order valence-electron chi connectivity index (χ3n) is 1.78. The first kappa shape index (κ1) is 9.83. The van der Waals surface area contributed by atoms with E-state index in [2.05, 4.69) is 10.6 Å². The molecule has 0 aromatic carbocycles. The van der Waals surface area contributed by atoms with Crippen LogP contribution in [0.25, 0.3) is 0 Å². The number of ether oxygens (including phenoxy) is 1. The Morgan fingerprint density at radius 2 is 2.46 bits per heavy atom. The summed E-state index contributed by atoms with van der Waals surface area (Å²) in [5, 5.41) is 5.20. The Kier molecular flexibility index (Phi) is 3.11. The largest absolute Gasteiger partial charge is 0.442 e. The number of carbonyl (C=O) groups excluding carboxylic acids is 2. The van der Waals surface area contributed by atoms with Gasteiger partial charge in [-0.15, -0.1) is 0 Å². The topological polar surface area (TPSA) is 67.4 Å². The summed E-state index contributed by atoms with van der Waals surface area (Å²) < 4.78 is 4.83. The zero-order valence-corrected chi connectivity index (χ0v) is 7.79. The predicted molar refractivity (Wildman–Crippen MR) is 46.1 cm³/mol. The third kappa shape index (κ3) is 2.93. The van der Waals surface area contributed by atoms with Crippen LogP contribution in [0.4, 0.5) is 4.79 Å². The van der Waals surface area contributed by atoms with E-state index in [9.17, 15) is 9.59 Å². The molecule has 2 N–H and O–H groups in total. The minimum absolute atomic E-state index is 0.0250. The second-order valence-electron chi connectivity index (χ2n) is 3.31. The monoisotopic (exact) mass is 186 g/mol. The van der Waals surface area contributed by atoms with E-state index in [4.69, 9.17) is 4.74 Å². The molecular weight excluding hydrogens is 172 g/mol. The molecule has 1 aliphatic rings. The lowest BCUT2D eigenvalue weighted by atomic mass is 10.2. The molecule has 0 bridgehead atoms. The van der Waals surface area contributed by atoms with Crippen molar-refractivity contribution >= 4 is 12.0 Å². The zero-order chi connectivity index (χ0) is 9.84. The minimum atomic E-state index is -0.413. The van der Waals surface area contributed by atoms with Crippen LogP contribution in [-0.4, -0.2) is 31.2 Å². The van der Waals surface area contributed by atoms with Gasteiger partial charge in [0.15, 0.2) is 0 Å². The Hall–Kier alpha value is -1.26. The molecule has 1 fully saturated rings. The van der Waals surface area contributed by atoms with Gasteiger partial charge in [-0.1, -0.05) is 13.8 Å². The van der Waals surface area contributed by atoms with E-state index in [1.807, 2.05) is 13.8 Å². The van der Waals surface area contributed by atoms with Crippen LogP contribution in [0.15, 0.2) is 0 Å². The van der Waals surface area contributed by atoms with Gasteiger partial charge in [-0.2, -0.15) is 0 Å². The number of cyclic esters (lactones) is 1. The van der Waals surface area contributed by atoms with E-state index in [-0.39, 0.29) is 17.9 Å². The molecule has 1 atom stereocenters. The smallest absolute Gasteiger partial charge is 0.407 e. The zero-order valence-electron chi connectivity index (χ0n) is 7.79. The molecule has 0 spiro atoms. The molecule has 74 valence electrons. The van der Waals surface area contributed by atoms with Gasteiger partial charge in [0.05, 0.1) is 13.1 Å². The van der Waals surface area contributed by atoms with Crippen molar-refractivity contribution in [1.29, 1.82) is 0 Å². The average molecular weight is 186 g/mol. The van der Waals surface area contributed by atoms with Crippen molar-refractivity contribution < 1.29 is 14.3 Å². The highest BCUT2D eigenvalue weighted by Crippen LogP contribution is 1.98. The highest BCUT2D eigenvalue weighted by molar-refractivity contribution is 5.78. The number of hydrogen-bond donors (Lipinski definition) is 2. The van der Waals surface area contributed by atoms with Crippen molar-refractivity contribution in [2.75, 3.05) is 13.1 Å². The summed E-state index contributed by atoms with van der Waals surface area (Å²) in [6, 6.07) is 0. The van der Waals surface area contributed by atoms with Crippen molar-refractivity contribution in [1.82, 2.24) is 10.6 Å². The molecule has 0 aliphatic carbocycles.